The van der Waals surface area contributed by atoms with Gasteiger partial charge in [-0.2, -0.15) is 4.68 Å². The molecule has 10 heteroatoms. The lowest BCUT2D eigenvalue weighted by atomic mass is 9.93. The smallest absolute Gasteiger partial charge is 0.255 e. The number of methoxy groups -OCH3 is 3. The zero-order valence-electron chi connectivity index (χ0n) is 19.4. The molecule has 0 bridgehead atoms. The molecule has 2 aromatic carbocycles. The highest BCUT2D eigenvalue weighted by Crippen LogP contribution is 2.43. The van der Waals surface area contributed by atoms with Crippen molar-refractivity contribution in [1.29, 1.82) is 0 Å². The van der Waals surface area contributed by atoms with E-state index >= 15 is 0 Å². The Morgan fingerprint density at radius 3 is 2.36 bits per heavy atom. The van der Waals surface area contributed by atoms with E-state index in [2.05, 4.69) is 26.2 Å². The van der Waals surface area contributed by atoms with Crippen LogP contribution in [0.3, 0.4) is 0 Å². The van der Waals surface area contributed by atoms with Crippen molar-refractivity contribution in [3.63, 3.8) is 0 Å². The van der Waals surface area contributed by atoms with Crippen LogP contribution in [0.15, 0.2) is 41.6 Å². The predicted molar refractivity (Wildman–Crippen MR) is 123 cm³/mol. The van der Waals surface area contributed by atoms with E-state index in [9.17, 15) is 4.79 Å². The van der Waals surface area contributed by atoms with Crippen LogP contribution in [0.2, 0.25) is 0 Å². The molecule has 0 unspecified atom stereocenters. The van der Waals surface area contributed by atoms with Crippen LogP contribution in [0.25, 0.3) is 0 Å². The number of aromatic nitrogens is 4. The van der Waals surface area contributed by atoms with Gasteiger partial charge in [-0.3, -0.25) is 4.79 Å². The van der Waals surface area contributed by atoms with Gasteiger partial charge in [-0.1, -0.05) is 22.8 Å². The van der Waals surface area contributed by atoms with Crippen LogP contribution in [0, 0.1) is 13.8 Å². The number of aryl methyl sites for hydroxylation is 2. The molecule has 172 valence electrons. The number of nitrogens with zero attached hydrogens (tertiary/aromatic N) is 4. The lowest BCUT2D eigenvalue weighted by Crippen LogP contribution is -2.32. The van der Waals surface area contributed by atoms with E-state index in [4.69, 9.17) is 14.2 Å². The number of tetrazole rings is 1. The molecule has 0 radical (unpaired) electrons. The number of carbonyl (C=O) groups excluding carboxylic acids is 1. The Bertz CT molecular complexity index is 1250. The van der Waals surface area contributed by atoms with Crippen molar-refractivity contribution in [2.75, 3.05) is 32.0 Å². The van der Waals surface area contributed by atoms with Gasteiger partial charge in [-0.15, -0.1) is 0 Å². The number of allylic oxidation sites excluding steroid dienone is 1. The number of ether oxygens (including phenoxy) is 3. The first kappa shape index (κ1) is 22.1. The van der Waals surface area contributed by atoms with Crippen LogP contribution >= 0.6 is 0 Å². The lowest BCUT2D eigenvalue weighted by molar-refractivity contribution is -0.113. The van der Waals surface area contributed by atoms with E-state index in [0.717, 1.165) is 16.8 Å². The van der Waals surface area contributed by atoms with Gasteiger partial charge in [0, 0.05) is 23.0 Å². The van der Waals surface area contributed by atoms with Crippen LogP contribution in [0.4, 0.5) is 11.6 Å². The third kappa shape index (κ3) is 3.95. The topological polar surface area (TPSA) is 112 Å². The summed E-state index contributed by atoms with van der Waals surface area (Å²) in [6.07, 6.45) is 0. The molecule has 10 nitrogen and oxygen atoms in total. The molecule has 1 aromatic heterocycles. The Kier molecular flexibility index (Phi) is 5.91. The van der Waals surface area contributed by atoms with Gasteiger partial charge in [0.25, 0.3) is 5.91 Å². The van der Waals surface area contributed by atoms with Crippen molar-refractivity contribution in [3.05, 3.63) is 58.3 Å². The van der Waals surface area contributed by atoms with Crippen molar-refractivity contribution in [2.45, 2.75) is 26.8 Å². The van der Waals surface area contributed by atoms with Crippen molar-refractivity contribution in [2.24, 2.45) is 0 Å². The van der Waals surface area contributed by atoms with Crippen LogP contribution in [-0.2, 0) is 4.79 Å². The number of amides is 1. The van der Waals surface area contributed by atoms with Gasteiger partial charge < -0.3 is 24.8 Å². The molecule has 0 spiro atoms. The molecule has 1 amide bonds. The second-order valence-corrected chi connectivity index (χ2v) is 7.73. The van der Waals surface area contributed by atoms with Crippen LogP contribution in [-0.4, -0.2) is 47.4 Å². The maximum absolute atomic E-state index is 13.6. The van der Waals surface area contributed by atoms with E-state index in [1.807, 2.05) is 39.0 Å². The number of benzene rings is 2. The predicted octanol–water partition coefficient (Wildman–Crippen LogP) is 3.24. The Morgan fingerprint density at radius 1 is 1.00 bits per heavy atom. The average Bonchev–Trinajstić information content (AvgIpc) is 3.27. The van der Waals surface area contributed by atoms with Gasteiger partial charge in [-0.25, -0.2) is 0 Å². The highest BCUT2D eigenvalue weighted by Gasteiger charge is 2.36. The summed E-state index contributed by atoms with van der Waals surface area (Å²) in [6.45, 7) is 5.78. The van der Waals surface area contributed by atoms with Crippen LogP contribution in [0.5, 0.6) is 17.2 Å². The quantitative estimate of drug-likeness (QED) is 0.589. The number of hydrogen-bond donors (Lipinski definition) is 2. The molecule has 1 aliphatic rings. The summed E-state index contributed by atoms with van der Waals surface area (Å²) in [5.41, 5.74) is 4.53. The van der Waals surface area contributed by atoms with E-state index in [1.165, 1.54) is 0 Å². The average molecular weight is 450 g/mol. The summed E-state index contributed by atoms with van der Waals surface area (Å²) in [5.74, 6) is 1.64. The molecule has 0 fully saturated rings. The van der Waals surface area contributed by atoms with Crippen molar-refractivity contribution < 1.29 is 19.0 Å². The summed E-state index contributed by atoms with van der Waals surface area (Å²) in [7, 11) is 4.65. The van der Waals surface area contributed by atoms with Gasteiger partial charge >= 0.3 is 0 Å². The summed E-state index contributed by atoms with van der Waals surface area (Å²) in [5, 5.41) is 18.1. The Hall–Kier alpha value is -4.08. The fourth-order valence-electron chi connectivity index (χ4n) is 4.00. The van der Waals surface area contributed by atoms with Crippen molar-refractivity contribution in [3.8, 4) is 17.2 Å². The summed E-state index contributed by atoms with van der Waals surface area (Å²) >= 11 is 0. The fourth-order valence-corrected chi connectivity index (χ4v) is 4.00. The molecule has 0 aliphatic carbocycles. The SMILES string of the molecule is COc1cc(OC)c([C@H]2C(C(=O)Nc3ccc(C)cc3C)=C(C)Nc3nnnn32)cc1OC. The van der Waals surface area contributed by atoms with Gasteiger partial charge in [0.15, 0.2) is 11.5 Å². The third-order valence-electron chi connectivity index (χ3n) is 5.62. The van der Waals surface area contributed by atoms with Crippen LogP contribution in [0.1, 0.15) is 29.7 Å². The fraction of sp³-hybridized carbons (Fsp3) is 0.304. The van der Waals surface area contributed by atoms with Gasteiger partial charge in [0.2, 0.25) is 5.95 Å². The van der Waals surface area contributed by atoms with E-state index in [1.54, 1.807) is 38.1 Å². The molecule has 0 saturated heterocycles. The minimum atomic E-state index is -0.670. The number of carbonyl (C=O) groups is 1. The molecule has 4 rings (SSSR count). The molecule has 3 aromatic rings. The summed E-state index contributed by atoms with van der Waals surface area (Å²) in [4.78, 5) is 13.6. The highest BCUT2D eigenvalue weighted by atomic mass is 16.5. The zero-order chi connectivity index (χ0) is 23.7. The first-order valence-electron chi connectivity index (χ1n) is 10.3. The first-order chi connectivity index (χ1) is 15.9. The standard InChI is InChI=1S/C23H26N6O4/c1-12-7-8-16(13(2)9-12)25-22(30)20-14(3)24-23-26-27-28-29(23)21(20)15-10-18(32-5)19(33-6)11-17(15)31-4/h7-11,21H,1-6H3,(H,25,30)(H,24,26,28)/t21-/m0/s1. The minimum Gasteiger partial charge on any atom is -0.496 e. The molecule has 0 saturated carbocycles. The number of anilines is 2. The molecule has 2 N–H and O–H groups in total. The van der Waals surface area contributed by atoms with Gasteiger partial charge in [-0.05, 0) is 48.9 Å². The third-order valence-corrected chi connectivity index (χ3v) is 5.62. The summed E-state index contributed by atoms with van der Waals surface area (Å²) in [6, 6.07) is 8.69. The number of nitrogens with one attached hydrogen (secondary N) is 2. The molecule has 1 atom stereocenters. The minimum absolute atomic E-state index is 0.282. The number of hydrogen-bond acceptors (Lipinski definition) is 8. The highest BCUT2D eigenvalue weighted by molar-refractivity contribution is 6.06. The molecule has 33 heavy (non-hydrogen) atoms. The first-order valence-corrected chi connectivity index (χ1v) is 10.3. The van der Waals surface area contributed by atoms with E-state index in [0.29, 0.717) is 40.0 Å². The van der Waals surface area contributed by atoms with E-state index < -0.39 is 6.04 Å². The van der Waals surface area contributed by atoms with Crippen molar-refractivity contribution in [1.82, 2.24) is 20.2 Å². The molecule has 2 heterocycles. The monoisotopic (exact) mass is 450 g/mol. The second-order valence-electron chi connectivity index (χ2n) is 7.73. The number of fused-ring (bicyclic) bond motifs is 1. The Balaban J connectivity index is 1.85. The summed E-state index contributed by atoms with van der Waals surface area (Å²) < 4.78 is 18.1. The van der Waals surface area contributed by atoms with Gasteiger partial charge in [0.05, 0.1) is 26.9 Å². The van der Waals surface area contributed by atoms with E-state index in [-0.39, 0.29) is 5.91 Å². The zero-order valence-corrected chi connectivity index (χ0v) is 19.4. The van der Waals surface area contributed by atoms with Crippen LogP contribution < -0.4 is 24.8 Å². The maximum atomic E-state index is 13.6. The number of rotatable bonds is 6. The van der Waals surface area contributed by atoms with Crippen molar-refractivity contribution >= 4 is 17.5 Å². The maximum Gasteiger partial charge on any atom is 0.255 e. The Labute approximate surface area is 191 Å². The van der Waals surface area contributed by atoms with Gasteiger partial charge in [0.1, 0.15) is 11.8 Å². The molecular formula is C23H26N6O4. The normalized spacial score (nSPS) is 14.9. The largest absolute Gasteiger partial charge is 0.496 e. The molecular weight excluding hydrogens is 424 g/mol. The second kappa shape index (κ2) is 8.81. The lowest BCUT2D eigenvalue weighted by Gasteiger charge is -2.29. The molecule has 1 aliphatic heterocycles. The Morgan fingerprint density at radius 2 is 1.70 bits per heavy atom.